The molecule has 2 aromatic rings. The summed E-state index contributed by atoms with van der Waals surface area (Å²) in [5.74, 6) is 1.66. The second-order valence-corrected chi connectivity index (χ2v) is 5.15. The largest absolute Gasteiger partial charge is 0.497 e. The van der Waals surface area contributed by atoms with E-state index >= 15 is 0 Å². The van der Waals surface area contributed by atoms with Crippen LogP contribution in [-0.4, -0.2) is 23.2 Å². The molecule has 1 aromatic heterocycles. The lowest BCUT2D eigenvalue weighted by molar-refractivity contribution is -0.124. The highest BCUT2D eigenvalue weighted by atomic mass is 16.5. The number of carbonyl (C=O) groups is 1. The van der Waals surface area contributed by atoms with Crippen molar-refractivity contribution in [3.05, 3.63) is 30.1 Å². The molecule has 1 amide bonds. The fourth-order valence-electron chi connectivity index (χ4n) is 2.08. The van der Waals surface area contributed by atoms with E-state index in [1.807, 2.05) is 31.2 Å². The van der Waals surface area contributed by atoms with E-state index in [2.05, 4.69) is 22.4 Å². The summed E-state index contributed by atoms with van der Waals surface area (Å²) >= 11 is 0. The summed E-state index contributed by atoms with van der Waals surface area (Å²) in [5.41, 5.74) is 0.810. The van der Waals surface area contributed by atoms with Gasteiger partial charge < -0.3 is 14.6 Å². The summed E-state index contributed by atoms with van der Waals surface area (Å²) in [4.78, 5) is 16.1. The van der Waals surface area contributed by atoms with E-state index in [0.29, 0.717) is 11.7 Å². The molecule has 0 spiro atoms. The minimum atomic E-state index is -0.00189. The van der Waals surface area contributed by atoms with Crippen LogP contribution in [0.5, 0.6) is 5.75 Å². The highest BCUT2D eigenvalue weighted by Gasteiger charge is 2.13. The number of hydrogen-bond acceptors (Lipinski definition) is 5. The quantitative estimate of drug-likeness (QED) is 0.851. The predicted octanol–water partition coefficient (Wildman–Crippen LogP) is 2.80. The van der Waals surface area contributed by atoms with E-state index in [9.17, 15) is 4.79 Å². The van der Waals surface area contributed by atoms with Gasteiger partial charge in [-0.1, -0.05) is 25.4 Å². The average molecular weight is 303 g/mol. The lowest BCUT2D eigenvalue weighted by Crippen LogP contribution is -2.29. The van der Waals surface area contributed by atoms with Crippen molar-refractivity contribution in [2.24, 2.45) is 5.92 Å². The predicted molar refractivity (Wildman–Crippen MR) is 82.2 cm³/mol. The Morgan fingerprint density at radius 3 is 2.73 bits per heavy atom. The average Bonchev–Trinajstić information content (AvgIpc) is 3.02. The van der Waals surface area contributed by atoms with Gasteiger partial charge in [-0.05, 0) is 30.7 Å². The molecule has 1 unspecified atom stereocenters. The van der Waals surface area contributed by atoms with Crippen LogP contribution in [0.15, 0.2) is 28.8 Å². The summed E-state index contributed by atoms with van der Waals surface area (Å²) in [6, 6.07) is 7.34. The number of rotatable bonds is 7. The van der Waals surface area contributed by atoms with E-state index in [1.165, 1.54) is 0 Å². The van der Waals surface area contributed by atoms with Crippen molar-refractivity contribution in [3.8, 4) is 17.2 Å². The van der Waals surface area contributed by atoms with E-state index < -0.39 is 0 Å². The van der Waals surface area contributed by atoms with Crippen molar-refractivity contribution in [1.82, 2.24) is 15.5 Å². The molecule has 1 aromatic carbocycles. The Hall–Kier alpha value is -2.37. The maximum atomic E-state index is 11.8. The Balaban J connectivity index is 1.95. The van der Waals surface area contributed by atoms with Gasteiger partial charge in [-0.25, -0.2) is 0 Å². The van der Waals surface area contributed by atoms with Gasteiger partial charge in [-0.15, -0.1) is 0 Å². The number of aromatic nitrogens is 2. The Morgan fingerprint density at radius 2 is 2.09 bits per heavy atom. The zero-order valence-corrected chi connectivity index (χ0v) is 13.1. The lowest BCUT2D eigenvalue weighted by atomic mass is 10.1. The van der Waals surface area contributed by atoms with Crippen LogP contribution in [-0.2, 0) is 11.3 Å². The zero-order chi connectivity index (χ0) is 15.9. The molecular formula is C16H21N3O3. The van der Waals surface area contributed by atoms with Crippen molar-refractivity contribution < 1.29 is 14.1 Å². The van der Waals surface area contributed by atoms with E-state index in [4.69, 9.17) is 9.26 Å². The van der Waals surface area contributed by atoms with Crippen molar-refractivity contribution in [1.29, 1.82) is 0 Å². The summed E-state index contributed by atoms with van der Waals surface area (Å²) in [7, 11) is 1.61. The number of hydrogen-bond donors (Lipinski definition) is 1. The second kappa shape index (κ2) is 7.59. The number of methoxy groups -OCH3 is 1. The van der Waals surface area contributed by atoms with Gasteiger partial charge in [0.25, 0.3) is 5.89 Å². The Kier molecular flexibility index (Phi) is 5.52. The fraction of sp³-hybridized carbons (Fsp3) is 0.438. The van der Waals surface area contributed by atoms with Crippen LogP contribution < -0.4 is 10.1 Å². The van der Waals surface area contributed by atoms with Gasteiger partial charge in [-0.2, -0.15) is 4.98 Å². The number of amides is 1. The van der Waals surface area contributed by atoms with Crippen LogP contribution in [0.2, 0.25) is 0 Å². The normalized spacial score (nSPS) is 12.0. The molecule has 0 aliphatic rings. The standard InChI is InChI=1S/C16H21N3O3/c1-4-5-11(2)15(20)17-10-14-18-16(22-19-14)12-6-8-13(21-3)9-7-12/h6-9,11H,4-5,10H2,1-3H3,(H,17,20). The third-order valence-corrected chi connectivity index (χ3v) is 3.40. The van der Waals surface area contributed by atoms with Gasteiger partial charge in [-0.3, -0.25) is 4.79 Å². The molecule has 0 bridgehead atoms. The molecule has 2 rings (SSSR count). The van der Waals surface area contributed by atoms with Crippen molar-refractivity contribution in [3.63, 3.8) is 0 Å². The maximum Gasteiger partial charge on any atom is 0.257 e. The Morgan fingerprint density at radius 1 is 1.36 bits per heavy atom. The van der Waals surface area contributed by atoms with E-state index in [-0.39, 0.29) is 18.4 Å². The van der Waals surface area contributed by atoms with Crippen LogP contribution in [0.1, 0.15) is 32.5 Å². The third kappa shape index (κ3) is 4.07. The fourth-order valence-corrected chi connectivity index (χ4v) is 2.08. The van der Waals surface area contributed by atoms with Crippen molar-refractivity contribution in [2.45, 2.75) is 33.2 Å². The SMILES string of the molecule is CCCC(C)C(=O)NCc1noc(-c2ccc(OC)cc2)n1. The van der Waals surface area contributed by atoms with Crippen LogP contribution >= 0.6 is 0 Å². The molecule has 0 saturated heterocycles. The molecule has 6 heteroatoms. The van der Waals surface area contributed by atoms with Gasteiger partial charge >= 0.3 is 0 Å². The van der Waals surface area contributed by atoms with E-state index in [0.717, 1.165) is 24.2 Å². The molecule has 1 atom stereocenters. The Labute approximate surface area is 129 Å². The third-order valence-electron chi connectivity index (χ3n) is 3.40. The molecule has 0 saturated carbocycles. The van der Waals surface area contributed by atoms with Crippen molar-refractivity contribution in [2.75, 3.05) is 7.11 Å². The Bertz CT molecular complexity index is 607. The first-order chi connectivity index (χ1) is 10.6. The number of nitrogens with one attached hydrogen (secondary N) is 1. The van der Waals surface area contributed by atoms with Gasteiger partial charge in [0.2, 0.25) is 5.91 Å². The number of benzene rings is 1. The maximum absolute atomic E-state index is 11.8. The molecule has 118 valence electrons. The zero-order valence-electron chi connectivity index (χ0n) is 13.1. The van der Waals surface area contributed by atoms with Gasteiger partial charge in [0.15, 0.2) is 5.82 Å². The molecule has 6 nitrogen and oxygen atoms in total. The van der Waals surface area contributed by atoms with Gasteiger partial charge in [0.05, 0.1) is 13.7 Å². The number of nitrogens with zero attached hydrogens (tertiary/aromatic N) is 2. The molecule has 0 radical (unpaired) electrons. The highest BCUT2D eigenvalue weighted by Crippen LogP contribution is 2.20. The smallest absolute Gasteiger partial charge is 0.257 e. The first-order valence-electron chi connectivity index (χ1n) is 7.38. The van der Waals surface area contributed by atoms with Crippen LogP contribution in [0, 0.1) is 5.92 Å². The molecule has 0 aliphatic carbocycles. The highest BCUT2D eigenvalue weighted by molar-refractivity contribution is 5.78. The summed E-state index contributed by atoms with van der Waals surface area (Å²) in [5, 5.41) is 6.70. The van der Waals surface area contributed by atoms with Crippen LogP contribution in [0.25, 0.3) is 11.5 Å². The molecular weight excluding hydrogens is 282 g/mol. The first-order valence-corrected chi connectivity index (χ1v) is 7.38. The molecule has 1 heterocycles. The van der Waals surface area contributed by atoms with Crippen LogP contribution in [0.4, 0.5) is 0 Å². The number of carbonyl (C=O) groups excluding carboxylic acids is 1. The second-order valence-electron chi connectivity index (χ2n) is 5.15. The molecule has 0 fully saturated rings. The number of ether oxygens (including phenoxy) is 1. The van der Waals surface area contributed by atoms with Gasteiger partial charge in [0.1, 0.15) is 5.75 Å². The monoisotopic (exact) mass is 303 g/mol. The summed E-state index contributed by atoms with van der Waals surface area (Å²) < 4.78 is 10.3. The molecule has 1 N–H and O–H groups in total. The lowest BCUT2D eigenvalue weighted by Gasteiger charge is -2.09. The minimum Gasteiger partial charge on any atom is -0.497 e. The molecule has 0 aliphatic heterocycles. The molecule has 22 heavy (non-hydrogen) atoms. The van der Waals surface area contributed by atoms with E-state index in [1.54, 1.807) is 7.11 Å². The minimum absolute atomic E-state index is 0.00189. The summed E-state index contributed by atoms with van der Waals surface area (Å²) in [6.07, 6.45) is 1.85. The first kappa shape index (κ1) is 16.0. The summed E-state index contributed by atoms with van der Waals surface area (Å²) in [6.45, 7) is 4.24. The topological polar surface area (TPSA) is 77.2 Å². The van der Waals surface area contributed by atoms with Crippen molar-refractivity contribution >= 4 is 5.91 Å². The van der Waals surface area contributed by atoms with Crippen LogP contribution in [0.3, 0.4) is 0 Å². The van der Waals surface area contributed by atoms with Gasteiger partial charge in [0, 0.05) is 11.5 Å².